The largest absolute Gasteiger partial charge is 0.481 e. The molecule has 1 atom stereocenters. The second-order valence-corrected chi connectivity index (χ2v) is 3.28. The molecule has 0 unspecified atom stereocenters. The van der Waals surface area contributed by atoms with E-state index in [4.69, 9.17) is 15.9 Å². The van der Waals surface area contributed by atoms with E-state index in [1.165, 1.54) is 0 Å². The summed E-state index contributed by atoms with van der Waals surface area (Å²) in [7, 11) is 0. The summed E-state index contributed by atoms with van der Waals surface area (Å²) in [5.74, 6) is -2.81. The number of carbonyl (C=O) groups excluding carboxylic acids is 1. The fourth-order valence-electron chi connectivity index (χ4n) is 1.07. The first-order valence-electron chi connectivity index (χ1n) is 4.91. The third-order valence-electron chi connectivity index (χ3n) is 1.90. The van der Waals surface area contributed by atoms with Gasteiger partial charge < -0.3 is 21.3 Å². The van der Waals surface area contributed by atoms with Gasteiger partial charge in [-0.25, -0.2) is 4.79 Å². The lowest BCUT2D eigenvalue weighted by molar-refractivity contribution is -0.142. The van der Waals surface area contributed by atoms with Gasteiger partial charge >= 0.3 is 11.9 Å². The average molecular weight is 232 g/mol. The predicted molar refractivity (Wildman–Crippen MR) is 54.7 cm³/mol. The van der Waals surface area contributed by atoms with Crippen LogP contribution in [0.1, 0.15) is 25.7 Å². The molecule has 7 nitrogen and oxygen atoms in total. The molecule has 0 aliphatic carbocycles. The van der Waals surface area contributed by atoms with Gasteiger partial charge in [0.15, 0.2) is 0 Å². The van der Waals surface area contributed by atoms with Crippen molar-refractivity contribution in [1.82, 2.24) is 5.32 Å². The van der Waals surface area contributed by atoms with Crippen molar-refractivity contribution in [2.24, 2.45) is 5.73 Å². The molecular formula is C9H16N2O5. The van der Waals surface area contributed by atoms with Crippen molar-refractivity contribution < 1.29 is 24.6 Å². The van der Waals surface area contributed by atoms with Crippen LogP contribution in [0.25, 0.3) is 0 Å². The Morgan fingerprint density at radius 3 is 2.25 bits per heavy atom. The number of carboxylic acids is 2. The SMILES string of the molecule is NCCC[C@H](NC(=O)CCC(=O)O)C(=O)O. The number of aliphatic carboxylic acids is 2. The van der Waals surface area contributed by atoms with Crippen LogP contribution in [0.15, 0.2) is 0 Å². The molecule has 1 amide bonds. The Hall–Kier alpha value is -1.63. The minimum absolute atomic E-state index is 0.220. The van der Waals surface area contributed by atoms with Gasteiger partial charge in [0.2, 0.25) is 5.91 Å². The van der Waals surface area contributed by atoms with Gasteiger partial charge in [-0.05, 0) is 19.4 Å². The molecule has 0 bridgehead atoms. The Morgan fingerprint density at radius 1 is 1.19 bits per heavy atom. The molecule has 0 heterocycles. The van der Waals surface area contributed by atoms with Crippen molar-refractivity contribution >= 4 is 17.8 Å². The van der Waals surface area contributed by atoms with Crippen molar-refractivity contribution in [2.45, 2.75) is 31.7 Å². The molecule has 5 N–H and O–H groups in total. The predicted octanol–water partition coefficient (Wildman–Crippen LogP) is -0.840. The fourth-order valence-corrected chi connectivity index (χ4v) is 1.07. The normalized spacial score (nSPS) is 11.8. The molecule has 16 heavy (non-hydrogen) atoms. The lowest BCUT2D eigenvalue weighted by atomic mass is 10.1. The Balaban J connectivity index is 4.02. The smallest absolute Gasteiger partial charge is 0.326 e. The van der Waals surface area contributed by atoms with Crippen LogP contribution in [0, 0.1) is 0 Å². The van der Waals surface area contributed by atoms with Gasteiger partial charge in [0.1, 0.15) is 6.04 Å². The average Bonchev–Trinajstić information content (AvgIpc) is 2.20. The first kappa shape index (κ1) is 14.4. The van der Waals surface area contributed by atoms with Gasteiger partial charge in [-0.15, -0.1) is 0 Å². The van der Waals surface area contributed by atoms with Gasteiger partial charge in [-0.2, -0.15) is 0 Å². The van der Waals surface area contributed by atoms with Crippen molar-refractivity contribution in [3.05, 3.63) is 0 Å². The number of nitrogens with two attached hydrogens (primary N) is 1. The minimum atomic E-state index is -1.14. The van der Waals surface area contributed by atoms with Gasteiger partial charge in [0.05, 0.1) is 6.42 Å². The van der Waals surface area contributed by atoms with Crippen LogP contribution in [-0.2, 0) is 14.4 Å². The van der Waals surface area contributed by atoms with Crippen molar-refractivity contribution in [1.29, 1.82) is 0 Å². The van der Waals surface area contributed by atoms with E-state index >= 15 is 0 Å². The quantitative estimate of drug-likeness (QED) is 0.431. The second-order valence-electron chi connectivity index (χ2n) is 3.28. The van der Waals surface area contributed by atoms with E-state index in [-0.39, 0.29) is 19.3 Å². The zero-order chi connectivity index (χ0) is 12.6. The van der Waals surface area contributed by atoms with E-state index in [0.717, 1.165) is 0 Å². The lowest BCUT2D eigenvalue weighted by Crippen LogP contribution is -2.41. The third-order valence-corrected chi connectivity index (χ3v) is 1.90. The summed E-state index contributed by atoms with van der Waals surface area (Å²) >= 11 is 0. The molecule has 0 aromatic rings. The third kappa shape index (κ3) is 6.77. The lowest BCUT2D eigenvalue weighted by Gasteiger charge is -2.13. The van der Waals surface area contributed by atoms with E-state index in [1.54, 1.807) is 0 Å². The molecule has 92 valence electrons. The molecule has 0 rings (SSSR count). The molecule has 0 saturated carbocycles. The Kier molecular flexibility index (Phi) is 6.86. The zero-order valence-electron chi connectivity index (χ0n) is 8.81. The topological polar surface area (TPSA) is 130 Å². The second kappa shape index (κ2) is 7.63. The summed E-state index contributed by atoms with van der Waals surface area (Å²) in [5, 5.41) is 19.3. The number of amides is 1. The molecule has 0 aromatic carbocycles. The van der Waals surface area contributed by atoms with Crippen LogP contribution in [-0.4, -0.2) is 40.6 Å². The first-order valence-corrected chi connectivity index (χ1v) is 4.91. The molecule has 0 aromatic heterocycles. The summed E-state index contributed by atoms with van der Waals surface area (Å²) in [6, 6.07) is -0.996. The van der Waals surface area contributed by atoms with Crippen LogP contribution in [0.4, 0.5) is 0 Å². The number of hydrogen-bond donors (Lipinski definition) is 4. The van der Waals surface area contributed by atoms with Crippen LogP contribution < -0.4 is 11.1 Å². The van der Waals surface area contributed by atoms with Gasteiger partial charge in [0, 0.05) is 6.42 Å². The number of nitrogens with one attached hydrogen (secondary N) is 1. The van der Waals surface area contributed by atoms with Crippen LogP contribution >= 0.6 is 0 Å². The Morgan fingerprint density at radius 2 is 1.81 bits per heavy atom. The number of rotatable bonds is 8. The maximum Gasteiger partial charge on any atom is 0.326 e. The van der Waals surface area contributed by atoms with Crippen LogP contribution in [0.3, 0.4) is 0 Å². The molecule has 0 aliphatic rings. The molecule has 0 aliphatic heterocycles. The van der Waals surface area contributed by atoms with E-state index in [9.17, 15) is 14.4 Å². The van der Waals surface area contributed by atoms with Crippen molar-refractivity contribution in [2.75, 3.05) is 6.54 Å². The molecule has 0 spiro atoms. The van der Waals surface area contributed by atoms with Crippen molar-refractivity contribution in [3.63, 3.8) is 0 Å². The highest BCUT2D eigenvalue weighted by molar-refractivity contribution is 5.85. The highest BCUT2D eigenvalue weighted by Crippen LogP contribution is 1.98. The maximum atomic E-state index is 11.2. The highest BCUT2D eigenvalue weighted by Gasteiger charge is 2.19. The molecule has 7 heteroatoms. The minimum Gasteiger partial charge on any atom is -0.481 e. The zero-order valence-corrected chi connectivity index (χ0v) is 8.81. The van der Waals surface area contributed by atoms with E-state index in [2.05, 4.69) is 5.32 Å². The summed E-state index contributed by atoms with van der Waals surface area (Å²) in [5.41, 5.74) is 5.22. The molecular weight excluding hydrogens is 216 g/mol. The fraction of sp³-hybridized carbons (Fsp3) is 0.667. The summed E-state index contributed by atoms with van der Waals surface area (Å²) in [4.78, 5) is 32.0. The van der Waals surface area contributed by atoms with Crippen LogP contribution in [0.2, 0.25) is 0 Å². The molecule has 0 saturated heterocycles. The van der Waals surface area contributed by atoms with Crippen molar-refractivity contribution in [3.8, 4) is 0 Å². The Labute approximate surface area is 92.6 Å². The van der Waals surface area contributed by atoms with E-state index in [1.807, 2.05) is 0 Å². The number of carboxylic acid groups (broad SMARTS) is 2. The maximum absolute atomic E-state index is 11.2. The molecule has 0 fully saturated rings. The first-order chi connectivity index (χ1) is 7.47. The van der Waals surface area contributed by atoms with Gasteiger partial charge in [-0.1, -0.05) is 0 Å². The number of hydrogen-bond acceptors (Lipinski definition) is 4. The van der Waals surface area contributed by atoms with Crippen LogP contribution in [0.5, 0.6) is 0 Å². The highest BCUT2D eigenvalue weighted by atomic mass is 16.4. The summed E-state index contributed by atoms with van der Waals surface area (Å²) < 4.78 is 0. The number of carbonyl (C=O) groups is 3. The monoisotopic (exact) mass is 232 g/mol. The summed E-state index contributed by atoms with van der Waals surface area (Å²) in [6.45, 7) is 0.342. The van der Waals surface area contributed by atoms with E-state index < -0.39 is 23.9 Å². The van der Waals surface area contributed by atoms with E-state index in [0.29, 0.717) is 13.0 Å². The summed E-state index contributed by atoms with van der Waals surface area (Å²) in [6.07, 6.45) is 0.192. The molecule has 0 radical (unpaired) electrons. The standard InChI is InChI=1S/C9H16N2O5/c10-5-1-2-6(9(15)16)11-7(12)3-4-8(13)14/h6H,1-5,10H2,(H,11,12)(H,13,14)(H,15,16)/t6-/m0/s1. The Bertz CT molecular complexity index is 267. The van der Waals surface area contributed by atoms with Gasteiger partial charge in [-0.3, -0.25) is 9.59 Å². The van der Waals surface area contributed by atoms with Gasteiger partial charge in [0.25, 0.3) is 0 Å².